The van der Waals surface area contributed by atoms with Crippen LogP contribution in [0.5, 0.6) is 5.75 Å². The molecule has 1 atom stereocenters. The Bertz CT molecular complexity index is 586. The van der Waals surface area contributed by atoms with Gasteiger partial charge in [0.1, 0.15) is 11.8 Å². The number of carboxylic acid groups (broad SMARTS) is 1. The number of amides is 1. The first-order valence-electron chi connectivity index (χ1n) is 6.85. The maximum atomic E-state index is 11.9. The normalized spacial score (nSPS) is 11.0. The maximum Gasteiger partial charge on any atom is 0.407 e. The van der Waals surface area contributed by atoms with Crippen LogP contribution >= 0.6 is 0 Å². The fourth-order valence-corrected chi connectivity index (χ4v) is 1.57. The number of hydrogen-bond acceptors (Lipinski definition) is 7. The number of esters is 1. The molecular weight excluding hydrogens is 322 g/mol. The van der Waals surface area contributed by atoms with Crippen LogP contribution in [0.25, 0.3) is 0 Å². The minimum atomic E-state index is -1.36. The van der Waals surface area contributed by atoms with Crippen molar-refractivity contribution < 1.29 is 38.5 Å². The van der Waals surface area contributed by atoms with Crippen molar-refractivity contribution >= 4 is 23.8 Å². The van der Waals surface area contributed by atoms with E-state index < -0.39 is 49.5 Å². The molecule has 0 saturated heterocycles. The first kappa shape index (κ1) is 18.9. The van der Waals surface area contributed by atoms with Crippen LogP contribution in [0.4, 0.5) is 4.79 Å². The molecule has 9 nitrogen and oxygen atoms in total. The van der Waals surface area contributed by atoms with Gasteiger partial charge in [-0.3, -0.25) is 9.59 Å². The molecule has 2 N–H and O–H groups in total. The van der Waals surface area contributed by atoms with E-state index in [-0.39, 0.29) is 0 Å². The quantitative estimate of drug-likeness (QED) is 0.618. The second kappa shape index (κ2) is 9.82. The zero-order valence-electron chi connectivity index (χ0n) is 12.9. The first-order chi connectivity index (χ1) is 11.4. The number of carbonyl (C=O) groups is 4. The molecule has 1 amide bonds. The molecule has 0 aliphatic carbocycles. The molecule has 0 radical (unpaired) electrons. The lowest BCUT2D eigenvalue weighted by molar-refractivity contribution is -0.150. The number of hydrogen-bond donors (Lipinski definition) is 2. The minimum absolute atomic E-state index is 0.411. The summed E-state index contributed by atoms with van der Waals surface area (Å²) in [6, 6.07) is 7.14. The molecule has 0 saturated carbocycles. The molecule has 0 bridgehead atoms. The van der Waals surface area contributed by atoms with E-state index in [1.54, 1.807) is 30.3 Å². The number of carboxylic acids is 1. The predicted molar refractivity (Wildman–Crippen MR) is 79.5 cm³/mol. The molecule has 0 fully saturated rings. The fourth-order valence-electron chi connectivity index (χ4n) is 1.57. The van der Waals surface area contributed by atoms with Gasteiger partial charge in [0, 0.05) is 0 Å². The van der Waals surface area contributed by atoms with Gasteiger partial charge in [0.25, 0.3) is 0 Å². The Balaban J connectivity index is 2.44. The van der Waals surface area contributed by atoms with Gasteiger partial charge in [0.2, 0.25) is 0 Å². The van der Waals surface area contributed by atoms with E-state index in [0.29, 0.717) is 5.75 Å². The molecule has 0 spiro atoms. The topological polar surface area (TPSA) is 128 Å². The highest BCUT2D eigenvalue weighted by atomic mass is 16.6. The summed E-state index contributed by atoms with van der Waals surface area (Å²) in [5.41, 5.74) is 0. The van der Waals surface area contributed by atoms with E-state index in [4.69, 9.17) is 14.6 Å². The van der Waals surface area contributed by atoms with Crippen LogP contribution in [-0.2, 0) is 23.9 Å². The van der Waals surface area contributed by atoms with E-state index in [1.165, 1.54) is 0 Å². The number of ether oxygens (including phenoxy) is 3. The molecular formula is C15H17NO8. The van der Waals surface area contributed by atoms with E-state index in [9.17, 15) is 19.2 Å². The summed E-state index contributed by atoms with van der Waals surface area (Å²) < 4.78 is 14.1. The number of benzene rings is 1. The molecule has 1 aromatic rings. The van der Waals surface area contributed by atoms with Gasteiger partial charge in [0.15, 0.2) is 19.0 Å². The number of alkyl carbamates (subject to hydrolysis) is 1. The van der Waals surface area contributed by atoms with Crippen molar-refractivity contribution in [3.05, 3.63) is 30.3 Å². The third-order valence-corrected chi connectivity index (χ3v) is 2.72. The molecule has 1 unspecified atom stereocenters. The molecule has 24 heavy (non-hydrogen) atoms. The van der Waals surface area contributed by atoms with Crippen molar-refractivity contribution in [1.82, 2.24) is 5.32 Å². The molecule has 1 aromatic carbocycles. The number of Topliss-reactive ketones (excluding diaryl/α,β-unsaturated/α-hetero) is 1. The molecule has 0 heterocycles. The van der Waals surface area contributed by atoms with Crippen LogP contribution < -0.4 is 10.1 Å². The lowest BCUT2D eigenvalue weighted by Crippen LogP contribution is -2.44. The Kier molecular flexibility index (Phi) is 7.76. The molecule has 9 heteroatoms. The van der Waals surface area contributed by atoms with Crippen molar-refractivity contribution in [2.24, 2.45) is 0 Å². The average Bonchev–Trinajstić information content (AvgIpc) is 2.57. The summed E-state index contributed by atoms with van der Waals surface area (Å²) in [5.74, 6) is -2.43. The predicted octanol–water partition coefficient (Wildman–Crippen LogP) is 0.377. The zero-order chi connectivity index (χ0) is 17.9. The van der Waals surface area contributed by atoms with Gasteiger partial charge in [-0.05, 0) is 12.1 Å². The molecule has 0 aromatic heterocycles. The number of rotatable bonds is 9. The van der Waals surface area contributed by atoms with E-state index >= 15 is 0 Å². The Morgan fingerprint density at radius 1 is 1.12 bits per heavy atom. The summed E-state index contributed by atoms with van der Waals surface area (Å²) in [4.78, 5) is 45.2. The average molecular weight is 339 g/mol. The van der Waals surface area contributed by atoms with Crippen molar-refractivity contribution in [2.75, 3.05) is 20.3 Å². The van der Waals surface area contributed by atoms with Crippen LogP contribution in [0.15, 0.2) is 30.3 Å². The van der Waals surface area contributed by atoms with E-state index in [2.05, 4.69) is 10.1 Å². The van der Waals surface area contributed by atoms with Gasteiger partial charge in [0.05, 0.1) is 13.5 Å². The minimum Gasteiger partial charge on any atom is -0.482 e. The van der Waals surface area contributed by atoms with Crippen LogP contribution in [-0.4, -0.2) is 55.3 Å². The third kappa shape index (κ3) is 7.25. The Morgan fingerprint density at radius 3 is 2.38 bits per heavy atom. The van der Waals surface area contributed by atoms with Crippen LogP contribution in [0.3, 0.4) is 0 Å². The maximum absolute atomic E-state index is 11.9. The lowest BCUT2D eigenvalue weighted by Gasteiger charge is -2.15. The first-order valence-corrected chi connectivity index (χ1v) is 6.85. The second-order valence-corrected chi connectivity index (χ2v) is 4.52. The van der Waals surface area contributed by atoms with E-state index in [1.807, 2.05) is 0 Å². The SMILES string of the molecule is COC(=O)NC(CC(=O)O)C(=O)COC(=O)COc1ccccc1. The van der Waals surface area contributed by atoms with E-state index in [0.717, 1.165) is 7.11 Å². The molecule has 0 aliphatic rings. The number of nitrogens with one attached hydrogen (secondary N) is 1. The van der Waals surface area contributed by atoms with Crippen molar-refractivity contribution in [3.63, 3.8) is 0 Å². The van der Waals surface area contributed by atoms with Crippen molar-refractivity contribution in [1.29, 1.82) is 0 Å². The second-order valence-electron chi connectivity index (χ2n) is 4.52. The molecule has 0 aliphatic heterocycles. The Hall–Kier alpha value is -3.10. The largest absolute Gasteiger partial charge is 0.482 e. The zero-order valence-corrected chi connectivity index (χ0v) is 12.9. The summed E-state index contributed by atoms with van der Waals surface area (Å²) in [7, 11) is 1.07. The van der Waals surface area contributed by atoms with Crippen LogP contribution in [0, 0.1) is 0 Å². The standard InChI is InChI=1S/C15H17NO8/c1-22-15(21)16-11(7-13(18)19)12(17)8-24-14(20)9-23-10-5-3-2-4-6-10/h2-6,11H,7-9H2,1H3,(H,16,21)(H,18,19). The number of ketones is 1. The highest BCUT2D eigenvalue weighted by Crippen LogP contribution is 2.08. The summed E-state index contributed by atoms with van der Waals surface area (Å²) >= 11 is 0. The smallest absolute Gasteiger partial charge is 0.407 e. The number of para-hydroxylation sites is 1. The molecule has 130 valence electrons. The Morgan fingerprint density at radius 2 is 1.79 bits per heavy atom. The van der Waals surface area contributed by atoms with Gasteiger partial charge in [-0.2, -0.15) is 0 Å². The number of aliphatic carboxylic acids is 1. The third-order valence-electron chi connectivity index (χ3n) is 2.72. The summed E-state index contributed by atoms with van der Waals surface area (Å²) in [6.45, 7) is -1.11. The molecule has 1 rings (SSSR count). The monoisotopic (exact) mass is 339 g/mol. The number of methoxy groups -OCH3 is 1. The van der Waals surface area contributed by atoms with Crippen LogP contribution in [0.1, 0.15) is 6.42 Å². The van der Waals surface area contributed by atoms with Gasteiger partial charge >= 0.3 is 18.0 Å². The summed E-state index contributed by atoms with van der Waals surface area (Å²) in [5, 5.41) is 10.8. The Labute approximate surface area is 137 Å². The summed E-state index contributed by atoms with van der Waals surface area (Å²) in [6.07, 6.45) is -1.63. The highest BCUT2D eigenvalue weighted by molar-refractivity contribution is 5.92. The van der Waals surface area contributed by atoms with Gasteiger partial charge < -0.3 is 24.6 Å². The van der Waals surface area contributed by atoms with Gasteiger partial charge in [-0.1, -0.05) is 18.2 Å². The van der Waals surface area contributed by atoms with Gasteiger partial charge in [-0.25, -0.2) is 9.59 Å². The lowest BCUT2D eigenvalue weighted by atomic mass is 10.1. The number of carbonyl (C=O) groups excluding carboxylic acids is 3. The van der Waals surface area contributed by atoms with Crippen molar-refractivity contribution in [3.8, 4) is 5.75 Å². The van der Waals surface area contributed by atoms with Crippen LogP contribution in [0.2, 0.25) is 0 Å². The fraction of sp³-hybridized carbons (Fsp3) is 0.333. The van der Waals surface area contributed by atoms with Crippen molar-refractivity contribution in [2.45, 2.75) is 12.5 Å². The highest BCUT2D eigenvalue weighted by Gasteiger charge is 2.25. The van der Waals surface area contributed by atoms with Gasteiger partial charge in [-0.15, -0.1) is 0 Å².